The van der Waals surface area contributed by atoms with E-state index in [1.54, 1.807) is 0 Å². The predicted octanol–water partition coefficient (Wildman–Crippen LogP) is 3.21. The quantitative estimate of drug-likeness (QED) is 0.698. The Morgan fingerprint density at radius 1 is 1.42 bits per heavy atom. The molecule has 0 aliphatic carbocycles. The van der Waals surface area contributed by atoms with Crippen molar-refractivity contribution in [2.75, 3.05) is 6.61 Å². The molecule has 0 amide bonds. The third-order valence-corrected chi connectivity index (χ3v) is 1.76. The maximum Gasteiger partial charge on any atom is 0.123 e. The van der Waals surface area contributed by atoms with Crippen LogP contribution in [0.25, 0.3) is 0 Å². The molecule has 2 heteroatoms. The number of para-hydroxylation sites is 1. The SMILES string of the molecule is CC=C(Cl)COc1ccccc1. The van der Waals surface area contributed by atoms with Crippen LogP contribution in [0.1, 0.15) is 6.92 Å². The number of rotatable bonds is 3. The predicted molar refractivity (Wildman–Crippen MR) is 51.5 cm³/mol. The maximum absolute atomic E-state index is 5.75. The lowest BCUT2D eigenvalue weighted by Crippen LogP contribution is -1.96. The molecule has 0 spiro atoms. The molecule has 0 aliphatic rings. The Morgan fingerprint density at radius 2 is 2.08 bits per heavy atom. The molecule has 0 aliphatic heterocycles. The first kappa shape index (κ1) is 9.14. The molecule has 0 saturated carbocycles. The van der Waals surface area contributed by atoms with Crippen LogP contribution in [0.4, 0.5) is 0 Å². The lowest BCUT2D eigenvalue weighted by atomic mass is 10.3. The van der Waals surface area contributed by atoms with Crippen molar-refractivity contribution in [3.05, 3.63) is 41.4 Å². The summed E-state index contributed by atoms with van der Waals surface area (Å²) in [5.41, 5.74) is 0. The Labute approximate surface area is 77.6 Å². The minimum atomic E-state index is 0.446. The van der Waals surface area contributed by atoms with Gasteiger partial charge in [-0.15, -0.1) is 0 Å². The van der Waals surface area contributed by atoms with Crippen LogP contribution >= 0.6 is 11.6 Å². The molecule has 12 heavy (non-hydrogen) atoms. The van der Waals surface area contributed by atoms with Crippen LogP contribution in [0.3, 0.4) is 0 Å². The van der Waals surface area contributed by atoms with Gasteiger partial charge in [0.15, 0.2) is 0 Å². The second-order valence-electron chi connectivity index (χ2n) is 2.34. The van der Waals surface area contributed by atoms with Crippen molar-refractivity contribution >= 4 is 11.6 Å². The second kappa shape index (κ2) is 4.83. The summed E-state index contributed by atoms with van der Waals surface area (Å²) in [6.07, 6.45) is 1.82. The summed E-state index contributed by atoms with van der Waals surface area (Å²) >= 11 is 5.75. The maximum atomic E-state index is 5.75. The van der Waals surface area contributed by atoms with Crippen LogP contribution in [0, 0.1) is 0 Å². The van der Waals surface area contributed by atoms with Crippen molar-refractivity contribution < 1.29 is 4.74 Å². The first-order chi connectivity index (χ1) is 5.83. The average Bonchev–Trinajstić information content (AvgIpc) is 2.16. The standard InChI is InChI=1S/C10H11ClO/c1-2-9(11)8-12-10-6-4-3-5-7-10/h2-7H,8H2,1H3. The Kier molecular flexibility index (Phi) is 3.68. The fourth-order valence-corrected chi connectivity index (χ4v) is 0.807. The highest BCUT2D eigenvalue weighted by Gasteiger charge is 1.92. The molecule has 0 unspecified atom stereocenters. The summed E-state index contributed by atoms with van der Waals surface area (Å²) in [6, 6.07) is 9.61. The lowest BCUT2D eigenvalue weighted by molar-refractivity contribution is 0.359. The van der Waals surface area contributed by atoms with Crippen LogP contribution in [-0.4, -0.2) is 6.61 Å². The van der Waals surface area contributed by atoms with Crippen molar-refractivity contribution in [1.29, 1.82) is 0 Å². The van der Waals surface area contributed by atoms with E-state index in [-0.39, 0.29) is 0 Å². The van der Waals surface area contributed by atoms with Gasteiger partial charge < -0.3 is 4.74 Å². The van der Waals surface area contributed by atoms with Gasteiger partial charge in [-0.1, -0.05) is 35.9 Å². The van der Waals surface area contributed by atoms with Crippen molar-refractivity contribution in [3.63, 3.8) is 0 Å². The fourth-order valence-electron chi connectivity index (χ4n) is 0.752. The molecule has 1 rings (SSSR count). The van der Waals surface area contributed by atoms with Crippen LogP contribution in [-0.2, 0) is 0 Å². The van der Waals surface area contributed by atoms with Gasteiger partial charge in [-0.2, -0.15) is 0 Å². The van der Waals surface area contributed by atoms with Crippen molar-refractivity contribution in [3.8, 4) is 5.75 Å². The molecule has 0 N–H and O–H groups in total. The summed E-state index contributed by atoms with van der Waals surface area (Å²) in [7, 11) is 0. The first-order valence-electron chi connectivity index (χ1n) is 3.81. The average molecular weight is 183 g/mol. The second-order valence-corrected chi connectivity index (χ2v) is 2.82. The molecule has 64 valence electrons. The Balaban J connectivity index is 2.44. The molecule has 0 saturated heterocycles. The highest BCUT2D eigenvalue weighted by molar-refractivity contribution is 6.29. The van der Waals surface area contributed by atoms with E-state index in [0.29, 0.717) is 6.61 Å². The molecular weight excluding hydrogens is 172 g/mol. The number of benzene rings is 1. The number of hydrogen-bond acceptors (Lipinski definition) is 1. The molecule has 0 bridgehead atoms. The third kappa shape index (κ3) is 2.97. The minimum absolute atomic E-state index is 0.446. The smallest absolute Gasteiger partial charge is 0.123 e. The summed E-state index contributed by atoms with van der Waals surface area (Å²) in [4.78, 5) is 0. The topological polar surface area (TPSA) is 9.23 Å². The first-order valence-corrected chi connectivity index (χ1v) is 4.19. The van der Waals surface area contributed by atoms with Gasteiger partial charge in [0, 0.05) is 0 Å². The van der Waals surface area contributed by atoms with Crippen molar-refractivity contribution in [1.82, 2.24) is 0 Å². The lowest BCUT2D eigenvalue weighted by Gasteiger charge is -2.03. The number of ether oxygens (including phenoxy) is 1. The zero-order valence-electron chi connectivity index (χ0n) is 6.96. The zero-order chi connectivity index (χ0) is 8.81. The largest absolute Gasteiger partial charge is 0.488 e. The van der Waals surface area contributed by atoms with E-state index in [0.717, 1.165) is 10.8 Å². The van der Waals surface area contributed by atoms with Crippen LogP contribution in [0.5, 0.6) is 5.75 Å². The van der Waals surface area contributed by atoms with Gasteiger partial charge in [-0.25, -0.2) is 0 Å². The molecule has 1 aromatic carbocycles. The van der Waals surface area contributed by atoms with Gasteiger partial charge in [-0.05, 0) is 19.1 Å². The molecule has 0 fully saturated rings. The highest BCUT2D eigenvalue weighted by atomic mass is 35.5. The summed E-state index contributed by atoms with van der Waals surface area (Å²) in [6.45, 7) is 2.33. The molecular formula is C10H11ClO. The van der Waals surface area contributed by atoms with Gasteiger partial charge in [-0.3, -0.25) is 0 Å². The van der Waals surface area contributed by atoms with E-state index in [2.05, 4.69) is 0 Å². The normalized spacial score (nSPS) is 11.3. The summed E-state index contributed by atoms with van der Waals surface area (Å²) in [5, 5.41) is 0.721. The number of allylic oxidation sites excluding steroid dienone is 1. The van der Waals surface area contributed by atoms with Crippen LogP contribution in [0.15, 0.2) is 41.4 Å². The van der Waals surface area contributed by atoms with Gasteiger partial charge in [0.05, 0.1) is 5.03 Å². The van der Waals surface area contributed by atoms with Crippen LogP contribution < -0.4 is 4.74 Å². The monoisotopic (exact) mass is 182 g/mol. The fraction of sp³-hybridized carbons (Fsp3) is 0.200. The Hall–Kier alpha value is -0.950. The number of hydrogen-bond donors (Lipinski definition) is 0. The van der Waals surface area contributed by atoms with E-state index < -0.39 is 0 Å². The molecule has 0 atom stereocenters. The van der Waals surface area contributed by atoms with Crippen molar-refractivity contribution in [2.24, 2.45) is 0 Å². The van der Waals surface area contributed by atoms with E-state index in [9.17, 15) is 0 Å². The third-order valence-electron chi connectivity index (χ3n) is 1.43. The summed E-state index contributed by atoms with van der Waals surface area (Å²) in [5.74, 6) is 0.845. The van der Waals surface area contributed by atoms with Gasteiger partial charge in [0.1, 0.15) is 12.4 Å². The molecule has 0 heterocycles. The zero-order valence-corrected chi connectivity index (χ0v) is 7.71. The molecule has 1 nitrogen and oxygen atoms in total. The van der Waals surface area contributed by atoms with Gasteiger partial charge >= 0.3 is 0 Å². The van der Waals surface area contributed by atoms with E-state index >= 15 is 0 Å². The molecule has 1 aromatic rings. The minimum Gasteiger partial charge on any atom is -0.488 e. The van der Waals surface area contributed by atoms with Gasteiger partial charge in [0.25, 0.3) is 0 Å². The van der Waals surface area contributed by atoms with Gasteiger partial charge in [0.2, 0.25) is 0 Å². The molecule has 0 aromatic heterocycles. The molecule has 0 radical (unpaired) electrons. The van der Waals surface area contributed by atoms with Crippen LogP contribution in [0.2, 0.25) is 0 Å². The van der Waals surface area contributed by atoms with E-state index in [1.807, 2.05) is 43.3 Å². The van der Waals surface area contributed by atoms with Crippen molar-refractivity contribution in [2.45, 2.75) is 6.92 Å². The van der Waals surface area contributed by atoms with E-state index in [4.69, 9.17) is 16.3 Å². The van der Waals surface area contributed by atoms with E-state index in [1.165, 1.54) is 0 Å². The number of halogens is 1. The Bertz CT molecular complexity index is 254. The Morgan fingerprint density at radius 3 is 2.67 bits per heavy atom. The highest BCUT2D eigenvalue weighted by Crippen LogP contribution is 2.10. The summed E-state index contributed by atoms with van der Waals surface area (Å²) < 4.78 is 5.36.